The van der Waals surface area contributed by atoms with Crippen LogP contribution in [0.5, 0.6) is 0 Å². The van der Waals surface area contributed by atoms with Gasteiger partial charge in [0.2, 0.25) is 0 Å². The van der Waals surface area contributed by atoms with E-state index in [1.807, 2.05) is 62.3 Å². The Kier molecular flexibility index (Phi) is 14.4. The van der Waals surface area contributed by atoms with Gasteiger partial charge in [-0.3, -0.25) is 4.79 Å². The number of nitrogens with zero attached hydrogens (tertiary/aromatic N) is 2. The number of ether oxygens (including phenoxy) is 1. The summed E-state index contributed by atoms with van der Waals surface area (Å²) in [6.45, 7) is 6.59. The van der Waals surface area contributed by atoms with Crippen LogP contribution in [0.1, 0.15) is 35.0 Å². The lowest BCUT2D eigenvalue weighted by Gasteiger charge is -2.12. The lowest BCUT2D eigenvalue weighted by Crippen LogP contribution is -2.38. The summed E-state index contributed by atoms with van der Waals surface area (Å²) in [6.07, 6.45) is 2.50. The zero-order chi connectivity index (χ0) is 22.3. The molecule has 0 saturated heterocycles. The van der Waals surface area contributed by atoms with Crippen LogP contribution in [0, 0.1) is 0 Å². The number of amides is 1. The number of rotatable bonds is 13. The van der Waals surface area contributed by atoms with Crippen molar-refractivity contribution in [1.82, 2.24) is 20.9 Å². The number of carbonyl (C=O) groups is 1. The van der Waals surface area contributed by atoms with Crippen molar-refractivity contribution in [3.05, 3.63) is 59.5 Å². The summed E-state index contributed by atoms with van der Waals surface area (Å²) < 4.78 is 10.8. The molecule has 9 heteroatoms. The maximum atomic E-state index is 12.3. The summed E-state index contributed by atoms with van der Waals surface area (Å²) in [5.41, 5.74) is 1.64. The summed E-state index contributed by atoms with van der Waals surface area (Å²) in [6, 6.07) is 11.3. The van der Waals surface area contributed by atoms with Gasteiger partial charge in [0, 0.05) is 38.3 Å². The van der Waals surface area contributed by atoms with Gasteiger partial charge in [0.15, 0.2) is 5.96 Å². The van der Waals surface area contributed by atoms with Crippen molar-refractivity contribution in [2.75, 3.05) is 46.9 Å². The first-order valence-corrected chi connectivity index (χ1v) is 10.7. The van der Waals surface area contributed by atoms with E-state index in [1.165, 1.54) is 0 Å². The summed E-state index contributed by atoms with van der Waals surface area (Å²) in [5.74, 6) is 1.51. The second-order valence-electron chi connectivity index (χ2n) is 7.37. The highest BCUT2D eigenvalue weighted by atomic mass is 127. The first kappa shape index (κ1) is 27.9. The predicted octanol–water partition coefficient (Wildman–Crippen LogP) is 2.85. The van der Waals surface area contributed by atoms with Crippen LogP contribution in [0.3, 0.4) is 0 Å². The van der Waals surface area contributed by atoms with E-state index in [4.69, 9.17) is 9.15 Å². The van der Waals surface area contributed by atoms with Crippen LogP contribution in [-0.2, 0) is 17.9 Å². The van der Waals surface area contributed by atoms with Crippen molar-refractivity contribution in [2.24, 2.45) is 4.99 Å². The van der Waals surface area contributed by atoms with Gasteiger partial charge in [-0.2, -0.15) is 0 Å². The first-order chi connectivity index (χ1) is 15.1. The molecule has 0 fully saturated rings. The third kappa shape index (κ3) is 11.5. The summed E-state index contributed by atoms with van der Waals surface area (Å²) in [4.78, 5) is 19.0. The fraction of sp³-hybridized carbons (Fsp3) is 0.478. The Bertz CT molecular complexity index is 797. The molecular formula is C23H36IN5O3. The molecule has 0 unspecified atom stereocenters. The van der Waals surface area contributed by atoms with Crippen molar-refractivity contribution in [3.8, 4) is 0 Å². The second-order valence-corrected chi connectivity index (χ2v) is 7.37. The van der Waals surface area contributed by atoms with Gasteiger partial charge in [-0.1, -0.05) is 12.1 Å². The minimum atomic E-state index is -0.0627. The maximum absolute atomic E-state index is 12.3. The molecule has 1 aromatic carbocycles. The van der Waals surface area contributed by atoms with Crippen LogP contribution in [0.15, 0.2) is 52.1 Å². The molecule has 3 N–H and O–H groups in total. The molecular weight excluding hydrogens is 521 g/mol. The number of carbonyl (C=O) groups excluding carboxylic acids is 1. The quantitative estimate of drug-likeness (QED) is 0.152. The highest BCUT2D eigenvalue weighted by Crippen LogP contribution is 2.07. The van der Waals surface area contributed by atoms with Crippen molar-refractivity contribution in [1.29, 1.82) is 0 Å². The molecule has 0 aliphatic heterocycles. The number of hydrogen-bond acceptors (Lipinski definition) is 5. The van der Waals surface area contributed by atoms with E-state index in [9.17, 15) is 4.79 Å². The van der Waals surface area contributed by atoms with Crippen LogP contribution in [0.4, 0.5) is 0 Å². The number of likely N-dealkylation sites (N-methyl/N-ethyl adjacent to an activating group) is 1. The number of furan rings is 1. The zero-order valence-electron chi connectivity index (χ0n) is 19.2. The lowest BCUT2D eigenvalue weighted by atomic mass is 10.1. The Hall–Kier alpha value is -2.11. The second kappa shape index (κ2) is 16.5. The van der Waals surface area contributed by atoms with Gasteiger partial charge in [0.05, 0.1) is 12.8 Å². The molecule has 1 amide bonds. The smallest absolute Gasteiger partial charge is 0.251 e. The normalized spacial score (nSPS) is 11.2. The Morgan fingerprint density at radius 2 is 1.97 bits per heavy atom. The highest BCUT2D eigenvalue weighted by molar-refractivity contribution is 14.0. The van der Waals surface area contributed by atoms with Gasteiger partial charge in [0.1, 0.15) is 12.4 Å². The predicted molar refractivity (Wildman–Crippen MR) is 139 cm³/mol. The molecule has 1 heterocycles. The van der Waals surface area contributed by atoms with Crippen molar-refractivity contribution < 1.29 is 13.9 Å². The topological polar surface area (TPSA) is 91.1 Å². The van der Waals surface area contributed by atoms with E-state index < -0.39 is 0 Å². The van der Waals surface area contributed by atoms with Gasteiger partial charge in [-0.25, -0.2) is 4.99 Å². The summed E-state index contributed by atoms with van der Waals surface area (Å²) >= 11 is 0. The van der Waals surface area contributed by atoms with Gasteiger partial charge >= 0.3 is 0 Å². The van der Waals surface area contributed by atoms with E-state index in [0.717, 1.165) is 43.3 Å². The lowest BCUT2D eigenvalue weighted by molar-refractivity contribution is 0.0951. The molecule has 0 radical (unpaired) electrons. The minimum Gasteiger partial charge on any atom is -0.467 e. The van der Waals surface area contributed by atoms with Crippen LogP contribution >= 0.6 is 24.0 Å². The van der Waals surface area contributed by atoms with Crippen LogP contribution < -0.4 is 16.0 Å². The first-order valence-electron chi connectivity index (χ1n) is 10.7. The SMILES string of the molecule is CCNC(=NCc1cccc(C(=O)NCCN(C)C)c1)NCCCOCc1ccco1.I. The maximum Gasteiger partial charge on any atom is 0.251 e. The van der Waals surface area contributed by atoms with Crippen LogP contribution in [0.2, 0.25) is 0 Å². The zero-order valence-corrected chi connectivity index (χ0v) is 21.6. The Morgan fingerprint density at radius 3 is 2.69 bits per heavy atom. The van der Waals surface area contributed by atoms with E-state index >= 15 is 0 Å². The van der Waals surface area contributed by atoms with Gasteiger partial charge in [-0.05, 0) is 57.3 Å². The number of guanidine groups is 1. The molecule has 32 heavy (non-hydrogen) atoms. The monoisotopic (exact) mass is 557 g/mol. The molecule has 0 aliphatic carbocycles. The Labute approximate surface area is 208 Å². The van der Waals surface area contributed by atoms with E-state index in [-0.39, 0.29) is 29.9 Å². The number of nitrogens with one attached hydrogen (secondary N) is 3. The average Bonchev–Trinajstić information content (AvgIpc) is 3.27. The molecule has 8 nitrogen and oxygen atoms in total. The molecule has 0 bridgehead atoms. The number of halogens is 1. The average molecular weight is 557 g/mol. The van der Waals surface area contributed by atoms with Crippen LogP contribution in [-0.4, -0.2) is 63.6 Å². The molecule has 178 valence electrons. The number of aliphatic imine (C=N–C) groups is 1. The molecule has 0 aliphatic rings. The molecule has 0 spiro atoms. The minimum absolute atomic E-state index is 0. The van der Waals surface area contributed by atoms with E-state index in [2.05, 4.69) is 20.9 Å². The standard InChI is InChI=1S/C23H35N5O3.HI/c1-4-24-23(26-11-7-14-30-18-21-10-6-15-31-21)27-17-19-8-5-9-20(16-19)22(29)25-12-13-28(2)3;/h5-6,8-10,15-16H,4,7,11-14,17-18H2,1-3H3,(H,25,29)(H2,24,26,27);1H. The summed E-state index contributed by atoms with van der Waals surface area (Å²) in [7, 11) is 3.96. The summed E-state index contributed by atoms with van der Waals surface area (Å²) in [5, 5.41) is 9.49. The number of benzene rings is 1. The van der Waals surface area contributed by atoms with E-state index in [1.54, 1.807) is 6.26 Å². The van der Waals surface area contributed by atoms with E-state index in [0.29, 0.717) is 31.9 Å². The number of hydrogen-bond donors (Lipinski definition) is 3. The molecule has 2 aromatic rings. The highest BCUT2D eigenvalue weighted by Gasteiger charge is 2.06. The van der Waals surface area contributed by atoms with Gasteiger partial charge < -0.3 is 30.0 Å². The fourth-order valence-electron chi connectivity index (χ4n) is 2.77. The third-order valence-electron chi connectivity index (χ3n) is 4.38. The van der Waals surface area contributed by atoms with Crippen LogP contribution in [0.25, 0.3) is 0 Å². The van der Waals surface area contributed by atoms with Crippen molar-refractivity contribution >= 4 is 35.8 Å². The molecule has 2 rings (SSSR count). The molecule has 1 aromatic heterocycles. The largest absolute Gasteiger partial charge is 0.467 e. The molecule has 0 atom stereocenters. The molecule has 0 saturated carbocycles. The van der Waals surface area contributed by atoms with Crippen molar-refractivity contribution in [3.63, 3.8) is 0 Å². The van der Waals surface area contributed by atoms with Gasteiger partial charge in [0.25, 0.3) is 5.91 Å². The fourth-order valence-corrected chi connectivity index (χ4v) is 2.77. The third-order valence-corrected chi connectivity index (χ3v) is 4.38. The Morgan fingerprint density at radius 1 is 1.12 bits per heavy atom. The van der Waals surface area contributed by atoms with Gasteiger partial charge in [-0.15, -0.1) is 24.0 Å². The Balaban J connectivity index is 0.00000512. The van der Waals surface area contributed by atoms with Crippen molar-refractivity contribution in [2.45, 2.75) is 26.5 Å².